The van der Waals surface area contributed by atoms with Gasteiger partial charge in [0.15, 0.2) is 0 Å². The lowest BCUT2D eigenvalue weighted by Gasteiger charge is -2.35. The first kappa shape index (κ1) is 18.4. The minimum absolute atomic E-state index is 0.130. The third-order valence-corrected chi connectivity index (χ3v) is 3.76. The van der Waals surface area contributed by atoms with Gasteiger partial charge in [-0.3, -0.25) is 4.90 Å². The Hall–Kier alpha value is -2.90. The van der Waals surface area contributed by atoms with E-state index in [0.29, 0.717) is 5.70 Å². The summed E-state index contributed by atoms with van der Waals surface area (Å²) in [6.45, 7) is 2.30. The molecule has 0 unspecified atom stereocenters. The Labute approximate surface area is 143 Å². The number of urea groups is 1. The third-order valence-electron chi connectivity index (χ3n) is 3.76. The number of allylic oxidation sites excluding steroid dienone is 1. The fourth-order valence-electron chi connectivity index (χ4n) is 2.66. The highest BCUT2D eigenvalue weighted by Gasteiger charge is 2.37. The molecule has 1 N–H and O–H groups in total. The van der Waals surface area contributed by atoms with Crippen LogP contribution in [0.2, 0.25) is 0 Å². The second-order valence-corrected chi connectivity index (χ2v) is 5.19. The molecule has 0 bridgehead atoms. The molecule has 0 saturated carbocycles. The molecule has 0 saturated heterocycles. The number of nitrogens with zero attached hydrogens (tertiary/aromatic N) is 1. The summed E-state index contributed by atoms with van der Waals surface area (Å²) >= 11 is 0. The van der Waals surface area contributed by atoms with E-state index in [4.69, 9.17) is 4.74 Å². The van der Waals surface area contributed by atoms with Crippen molar-refractivity contribution in [1.29, 1.82) is 0 Å². The van der Waals surface area contributed by atoms with Gasteiger partial charge in [0.25, 0.3) is 0 Å². The van der Waals surface area contributed by atoms with Gasteiger partial charge in [0, 0.05) is 17.8 Å². The second-order valence-electron chi connectivity index (χ2n) is 5.19. The van der Waals surface area contributed by atoms with Crippen LogP contribution in [0.3, 0.4) is 0 Å². The van der Waals surface area contributed by atoms with E-state index in [0.717, 1.165) is 0 Å². The molecule has 0 spiro atoms. The maximum atomic E-state index is 12.7. The van der Waals surface area contributed by atoms with Gasteiger partial charge >= 0.3 is 18.6 Å². The van der Waals surface area contributed by atoms with Crippen molar-refractivity contribution in [2.24, 2.45) is 0 Å². The first-order valence-corrected chi connectivity index (χ1v) is 7.42. The van der Waals surface area contributed by atoms with Gasteiger partial charge in [-0.05, 0) is 13.0 Å². The normalized spacial score (nSPS) is 17.4. The highest BCUT2D eigenvalue weighted by molar-refractivity contribution is 5.95. The van der Waals surface area contributed by atoms with E-state index in [2.05, 4.69) is 16.6 Å². The van der Waals surface area contributed by atoms with Gasteiger partial charge in [-0.25, -0.2) is 9.59 Å². The van der Waals surface area contributed by atoms with Crippen molar-refractivity contribution < 1.29 is 27.8 Å². The maximum Gasteiger partial charge on any atom is 0.387 e. The van der Waals surface area contributed by atoms with Gasteiger partial charge in [-0.2, -0.15) is 8.78 Å². The summed E-state index contributed by atoms with van der Waals surface area (Å²) in [6, 6.07) is 4.50. The number of alkyl halides is 2. The fourth-order valence-corrected chi connectivity index (χ4v) is 2.66. The zero-order chi connectivity index (χ0) is 18.6. The predicted octanol–water partition coefficient (Wildman–Crippen LogP) is 2.99. The van der Waals surface area contributed by atoms with Gasteiger partial charge in [-0.15, -0.1) is 6.58 Å². The van der Waals surface area contributed by atoms with Crippen molar-refractivity contribution in [3.63, 3.8) is 0 Å². The SMILES string of the molecule is C=CCN1C(=O)N[C@H](c2ccccc2OC(F)F)C(C(=O)OC)=C1C. The van der Waals surface area contributed by atoms with Crippen LogP contribution in [0.25, 0.3) is 0 Å². The number of carbonyl (C=O) groups is 2. The topological polar surface area (TPSA) is 67.9 Å². The number of para-hydroxylation sites is 1. The zero-order valence-electron chi connectivity index (χ0n) is 13.8. The lowest BCUT2D eigenvalue weighted by molar-refractivity contribution is -0.136. The largest absolute Gasteiger partial charge is 0.466 e. The Morgan fingerprint density at radius 3 is 2.72 bits per heavy atom. The fraction of sp³-hybridized carbons (Fsp3) is 0.294. The summed E-state index contributed by atoms with van der Waals surface area (Å²) in [5.74, 6) is -0.808. The number of hydrogen-bond donors (Lipinski definition) is 1. The molecule has 134 valence electrons. The highest BCUT2D eigenvalue weighted by atomic mass is 19.3. The Morgan fingerprint density at radius 2 is 2.12 bits per heavy atom. The van der Waals surface area contributed by atoms with Gasteiger partial charge in [0.05, 0.1) is 18.7 Å². The minimum atomic E-state index is -3.04. The van der Waals surface area contributed by atoms with E-state index in [-0.39, 0.29) is 23.4 Å². The predicted molar refractivity (Wildman–Crippen MR) is 86.0 cm³/mol. The molecule has 25 heavy (non-hydrogen) atoms. The van der Waals surface area contributed by atoms with Crippen LogP contribution >= 0.6 is 0 Å². The number of nitrogens with one attached hydrogen (secondary N) is 1. The van der Waals surface area contributed by atoms with Crippen LogP contribution in [0.15, 0.2) is 48.2 Å². The average molecular weight is 352 g/mol. The van der Waals surface area contributed by atoms with E-state index < -0.39 is 24.7 Å². The summed E-state index contributed by atoms with van der Waals surface area (Å²) in [4.78, 5) is 26.0. The lowest BCUT2D eigenvalue weighted by atomic mass is 9.94. The smallest absolute Gasteiger partial charge is 0.387 e. The van der Waals surface area contributed by atoms with E-state index >= 15 is 0 Å². The number of rotatable bonds is 6. The van der Waals surface area contributed by atoms with Crippen LogP contribution in [-0.2, 0) is 9.53 Å². The summed E-state index contributed by atoms with van der Waals surface area (Å²) in [5, 5.41) is 2.63. The summed E-state index contributed by atoms with van der Waals surface area (Å²) < 4.78 is 34.7. The minimum Gasteiger partial charge on any atom is -0.466 e. The zero-order valence-corrected chi connectivity index (χ0v) is 13.8. The van der Waals surface area contributed by atoms with Crippen molar-refractivity contribution in [2.45, 2.75) is 19.6 Å². The summed E-state index contributed by atoms with van der Waals surface area (Å²) in [6.07, 6.45) is 1.51. The van der Waals surface area contributed by atoms with Gasteiger partial charge < -0.3 is 14.8 Å². The van der Waals surface area contributed by atoms with Gasteiger partial charge in [-0.1, -0.05) is 24.3 Å². The molecule has 1 aliphatic heterocycles. The number of carbonyl (C=O) groups excluding carboxylic acids is 2. The molecule has 2 rings (SSSR count). The molecule has 1 atom stereocenters. The summed E-state index contributed by atoms with van der Waals surface area (Å²) in [7, 11) is 1.20. The third kappa shape index (κ3) is 3.78. The standard InChI is InChI=1S/C17H18F2N2O4/c1-4-9-21-10(2)13(15(22)24-3)14(20-17(21)23)11-7-5-6-8-12(11)25-16(18)19/h4-8,14,16H,1,9H2,2-3H3,(H,20,23)/t14-/m1/s1. The molecule has 8 heteroatoms. The number of hydrogen-bond acceptors (Lipinski definition) is 4. The molecule has 0 fully saturated rings. The van der Waals surface area contributed by atoms with Crippen LogP contribution < -0.4 is 10.1 Å². The van der Waals surface area contributed by atoms with Crippen LogP contribution in [0, 0.1) is 0 Å². The van der Waals surface area contributed by atoms with Crippen molar-refractivity contribution >= 4 is 12.0 Å². The lowest BCUT2D eigenvalue weighted by Crippen LogP contribution is -2.48. The average Bonchev–Trinajstić information content (AvgIpc) is 2.57. The number of methoxy groups -OCH3 is 1. The molecular formula is C17H18F2N2O4. The highest BCUT2D eigenvalue weighted by Crippen LogP contribution is 2.36. The Kier molecular flexibility index (Phi) is 5.74. The van der Waals surface area contributed by atoms with Crippen molar-refractivity contribution in [2.75, 3.05) is 13.7 Å². The molecule has 0 aromatic heterocycles. The number of esters is 1. The van der Waals surface area contributed by atoms with E-state index in [1.807, 2.05) is 0 Å². The van der Waals surface area contributed by atoms with Crippen LogP contribution in [0.5, 0.6) is 5.75 Å². The van der Waals surface area contributed by atoms with E-state index in [1.54, 1.807) is 13.0 Å². The van der Waals surface area contributed by atoms with Crippen LogP contribution in [0.1, 0.15) is 18.5 Å². The van der Waals surface area contributed by atoms with Gasteiger partial charge in [0.1, 0.15) is 5.75 Å². The maximum absolute atomic E-state index is 12.7. The Morgan fingerprint density at radius 1 is 1.44 bits per heavy atom. The summed E-state index contributed by atoms with van der Waals surface area (Å²) in [5.41, 5.74) is 0.718. The Balaban J connectivity index is 2.58. The van der Waals surface area contributed by atoms with Crippen molar-refractivity contribution in [1.82, 2.24) is 10.2 Å². The molecular weight excluding hydrogens is 334 g/mol. The first-order chi connectivity index (χ1) is 11.9. The number of benzene rings is 1. The molecule has 0 radical (unpaired) electrons. The molecule has 0 aliphatic carbocycles. The van der Waals surface area contributed by atoms with Crippen molar-refractivity contribution in [3.05, 3.63) is 53.8 Å². The Bertz CT molecular complexity index is 718. The monoisotopic (exact) mass is 352 g/mol. The van der Waals surface area contributed by atoms with Crippen LogP contribution in [0.4, 0.5) is 13.6 Å². The first-order valence-electron chi connectivity index (χ1n) is 7.42. The molecule has 1 heterocycles. The molecule has 6 nitrogen and oxygen atoms in total. The van der Waals surface area contributed by atoms with Gasteiger partial charge in [0.2, 0.25) is 0 Å². The van der Waals surface area contributed by atoms with Crippen molar-refractivity contribution in [3.8, 4) is 5.75 Å². The quantitative estimate of drug-likeness (QED) is 0.631. The molecule has 1 aliphatic rings. The number of halogens is 2. The second kappa shape index (κ2) is 7.78. The number of amides is 2. The molecule has 2 amide bonds. The van der Waals surface area contributed by atoms with E-state index in [1.165, 1.54) is 36.3 Å². The molecule has 1 aromatic rings. The van der Waals surface area contributed by atoms with E-state index in [9.17, 15) is 18.4 Å². The van der Waals surface area contributed by atoms with Crippen LogP contribution in [-0.4, -0.2) is 37.2 Å². The molecule has 1 aromatic carbocycles. The number of ether oxygens (including phenoxy) is 2.